The van der Waals surface area contributed by atoms with Crippen LogP contribution in [0.5, 0.6) is 0 Å². The Kier molecular flexibility index (Phi) is 2.46. The van der Waals surface area contributed by atoms with Gasteiger partial charge >= 0.3 is 0 Å². The van der Waals surface area contributed by atoms with E-state index in [0.29, 0.717) is 0 Å². The van der Waals surface area contributed by atoms with E-state index in [-0.39, 0.29) is 0 Å². The fourth-order valence-corrected chi connectivity index (χ4v) is 1.21. The minimum atomic E-state index is -0.674. The predicted molar refractivity (Wildman–Crippen MR) is 36.0 cm³/mol. The molecule has 1 saturated heterocycles. The number of alkyl halides is 1. The molecule has 1 nitrogen and oxygen atoms in total. The van der Waals surface area contributed by atoms with Gasteiger partial charge in [-0.3, -0.25) is 4.90 Å². The lowest BCUT2D eigenvalue weighted by molar-refractivity contribution is 0.112. The number of rotatable bonds is 0. The molecule has 54 valence electrons. The van der Waals surface area contributed by atoms with Crippen molar-refractivity contribution in [3.05, 3.63) is 0 Å². The van der Waals surface area contributed by atoms with E-state index in [4.69, 9.17) is 0 Å². The quantitative estimate of drug-likeness (QED) is 0.453. The minimum absolute atomic E-state index is 0.674. The zero-order valence-electron chi connectivity index (χ0n) is 5.94. The maximum absolute atomic E-state index is 12.8. The first-order chi connectivity index (χ1) is 4.30. The molecule has 0 amide bonds. The van der Waals surface area contributed by atoms with Gasteiger partial charge in [0.05, 0.1) is 0 Å². The largest absolute Gasteiger partial charge is 0.277 e. The second kappa shape index (κ2) is 3.16. The molecule has 1 heterocycles. The molecule has 1 rings (SSSR count). The summed E-state index contributed by atoms with van der Waals surface area (Å²) in [5.74, 6) is 0. The highest BCUT2D eigenvalue weighted by atomic mass is 19.1. The Labute approximate surface area is 55.8 Å². The first kappa shape index (κ1) is 7.00. The molecule has 0 aliphatic carbocycles. The summed E-state index contributed by atoms with van der Waals surface area (Å²) in [6.07, 6.45) is 3.48. The summed E-state index contributed by atoms with van der Waals surface area (Å²) < 4.78 is 12.8. The van der Waals surface area contributed by atoms with Crippen molar-refractivity contribution in [1.82, 2.24) is 4.90 Å². The van der Waals surface area contributed by atoms with Crippen LogP contribution in [0.1, 0.15) is 25.7 Å². The smallest absolute Gasteiger partial charge is 0.153 e. The molecule has 0 bridgehead atoms. The maximum atomic E-state index is 12.8. The topological polar surface area (TPSA) is 3.24 Å². The van der Waals surface area contributed by atoms with E-state index >= 15 is 0 Å². The van der Waals surface area contributed by atoms with Gasteiger partial charge < -0.3 is 0 Å². The lowest BCUT2D eigenvalue weighted by Crippen LogP contribution is -2.26. The van der Waals surface area contributed by atoms with Crippen molar-refractivity contribution in [2.75, 3.05) is 13.6 Å². The molecule has 0 aromatic carbocycles. The van der Waals surface area contributed by atoms with Crippen LogP contribution >= 0.6 is 0 Å². The summed E-state index contributed by atoms with van der Waals surface area (Å²) in [6, 6.07) is 0. The van der Waals surface area contributed by atoms with Crippen molar-refractivity contribution in [2.45, 2.75) is 32.0 Å². The highest BCUT2D eigenvalue weighted by Gasteiger charge is 2.14. The molecule has 9 heavy (non-hydrogen) atoms. The Morgan fingerprint density at radius 3 is 2.89 bits per heavy atom. The minimum Gasteiger partial charge on any atom is -0.277 e. The van der Waals surface area contributed by atoms with Crippen molar-refractivity contribution < 1.29 is 4.39 Å². The molecule has 1 aliphatic heterocycles. The monoisotopic (exact) mass is 131 g/mol. The molecule has 1 atom stereocenters. The predicted octanol–water partition coefficient (Wildman–Crippen LogP) is 1.79. The Balaban J connectivity index is 2.32. The van der Waals surface area contributed by atoms with Crippen LogP contribution in [-0.2, 0) is 0 Å². The molecular formula is C7H14FN. The van der Waals surface area contributed by atoms with Crippen LogP contribution in [0.15, 0.2) is 0 Å². The summed E-state index contributed by atoms with van der Waals surface area (Å²) in [5.41, 5.74) is 0. The van der Waals surface area contributed by atoms with E-state index in [1.54, 1.807) is 4.90 Å². The molecule has 0 N–H and O–H groups in total. The van der Waals surface area contributed by atoms with E-state index in [9.17, 15) is 4.39 Å². The number of likely N-dealkylation sites (tertiary alicyclic amines) is 1. The fraction of sp³-hybridized carbons (Fsp3) is 1.00. The average Bonchev–Trinajstić information content (AvgIpc) is 1.99. The molecule has 0 aromatic heterocycles. The molecule has 0 spiro atoms. The molecule has 1 aliphatic rings. The summed E-state index contributed by atoms with van der Waals surface area (Å²) >= 11 is 0. The number of hydrogen-bond donors (Lipinski definition) is 0. The Morgan fingerprint density at radius 1 is 1.33 bits per heavy atom. The van der Waals surface area contributed by atoms with E-state index < -0.39 is 6.30 Å². The van der Waals surface area contributed by atoms with Gasteiger partial charge in [0.1, 0.15) is 0 Å². The lowest BCUT2D eigenvalue weighted by Gasteiger charge is -2.16. The fourth-order valence-electron chi connectivity index (χ4n) is 1.21. The van der Waals surface area contributed by atoms with Gasteiger partial charge in [0.15, 0.2) is 6.30 Å². The van der Waals surface area contributed by atoms with Gasteiger partial charge in [-0.2, -0.15) is 0 Å². The van der Waals surface area contributed by atoms with E-state index in [0.717, 1.165) is 25.8 Å². The zero-order chi connectivity index (χ0) is 6.69. The van der Waals surface area contributed by atoms with Gasteiger partial charge in [0, 0.05) is 6.54 Å². The molecule has 2 heteroatoms. The van der Waals surface area contributed by atoms with Gasteiger partial charge in [0.2, 0.25) is 0 Å². The third-order valence-corrected chi connectivity index (χ3v) is 1.93. The normalized spacial score (nSPS) is 32.0. The SMILES string of the molecule is CN1CCCCCC1F. The second-order valence-electron chi connectivity index (χ2n) is 2.76. The Morgan fingerprint density at radius 2 is 2.11 bits per heavy atom. The van der Waals surface area contributed by atoms with Gasteiger partial charge in [-0.1, -0.05) is 6.42 Å². The third-order valence-electron chi connectivity index (χ3n) is 1.93. The van der Waals surface area contributed by atoms with Crippen LogP contribution in [0.3, 0.4) is 0 Å². The van der Waals surface area contributed by atoms with E-state index in [1.165, 1.54) is 6.42 Å². The molecule has 1 unspecified atom stereocenters. The highest BCUT2D eigenvalue weighted by molar-refractivity contribution is 4.62. The molecule has 0 aromatic rings. The van der Waals surface area contributed by atoms with E-state index in [1.807, 2.05) is 7.05 Å². The van der Waals surface area contributed by atoms with Crippen molar-refractivity contribution >= 4 is 0 Å². The van der Waals surface area contributed by atoms with Gasteiger partial charge in [0.25, 0.3) is 0 Å². The first-order valence-corrected chi connectivity index (χ1v) is 3.65. The van der Waals surface area contributed by atoms with Crippen molar-refractivity contribution in [1.29, 1.82) is 0 Å². The summed E-state index contributed by atoms with van der Waals surface area (Å²) in [4.78, 5) is 1.80. The van der Waals surface area contributed by atoms with Gasteiger partial charge in [-0.05, 0) is 26.3 Å². The van der Waals surface area contributed by atoms with E-state index in [2.05, 4.69) is 0 Å². The third kappa shape index (κ3) is 1.94. The molecule has 0 saturated carbocycles. The number of nitrogens with zero attached hydrogens (tertiary/aromatic N) is 1. The molecule has 0 radical (unpaired) electrons. The van der Waals surface area contributed by atoms with Crippen LogP contribution < -0.4 is 0 Å². The summed E-state index contributed by atoms with van der Waals surface area (Å²) in [6.45, 7) is 0.932. The molecule has 1 fully saturated rings. The average molecular weight is 131 g/mol. The van der Waals surface area contributed by atoms with Crippen molar-refractivity contribution in [3.63, 3.8) is 0 Å². The molecular weight excluding hydrogens is 117 g/mol. The summed E-state index contributed by atoms with van der Waals surface area (Å²) in [5, 5.41) is 0. The second-order valence-corrected chi connectivity index (χ2v) is 2.76. The van der Waals surface area contributed by atoms with Crippen molar-refractivity contribution in [3.8, 4) is 0 Å². The van der Waals surface area contributed by atoms with Crippen LogP contribution in [0, 0.1) is 0 Å². The zero-order valence-corrected chi connectivity index (χ0v) is 5.94. The van der Waals surface area contributed by atoms with Gasteiger partial charge in [-0.25, -0.2) is 4.39 Å². The van der Waals surface area contributed by atoms with Crippen LogP contribution in [0.4, 0.5) is 4.39 Å². The van der Waals surface area contributed by atoms with Crippen LogP contribution in [0.2, 0.25) is 0 Å². The van der Waals surface area contributed by atoms with Crippen molar-refractivity contribution in [2.24, 2.45) is 0 Å². The number of halogens is 1. The number of hydrogen-bond acceptors (Lipinski definition) is 1. The summed E-state index contributed by atoms with van der Waals surface area (Å²) in [7, 11) is 1.86. The van der Waals surface area contributed by atoms with Crippen LogP contribution in [0.25, 0.3) is 0 Å². The standard InChI is InChI=1S/C7H14FN/c1-9-6-4-2-3-5-7(9)8/h7H,2-6H2,1H3. The van der Waals surface area contributed by atoms with Gasteiger partial charge in [-0.15, -0.1) is 0 Å². The lowest BCUT2D eigenvalue weighted by atomic mass is 10.2. The Hall–Kier alpha value is -0.110. The Bertz CT molecular complexity index is 75.0. The van der Waals surface area contributed by atoms with Crippen LogP contribution in [-0.4, -0.2) is 24.8 Å². The first-order valence-electron chi connectivity index (χ1n) is 3.65. The highest BCUT2D eigenvalue weighted by Crippen LogP contribution is 2.14. The maximum Gasteiger partial charge on any atom is 0.153 e.